The third-order valence-corrected chi connectivity index (χ3v) is 3.61. The van der Waals surface area contributed by atoms with Crippen molar-refractivity contribution in [3.05, 3.63) is 11.6 Å². The van der Waals surface area contributed by atoms with E-state index in [4.69, 9.17) is 9.47 Å². The predicted molar refractivity (Wildman–Crippen MR) is 73.8 cm³/mol. The standard InChI is InChI=1S/C15H23NO4/c1-9(2)11-8-19-15(6)7-10(12(17)16(11)15)13(18)20-14(3,4)5/h7,9,11H,8H2,1-6H3/t11-,15-/m1/s1. The zero-order valence-corrected chi connectivity index (χ0v) is 13.0. The fraction of sp³-hybridized carbons (Fsp3) is 0.733. The SMILES string of the molecule is CC(C)[C@H]1CO[C@]2(C)C=C(C(=O)OC(C)(C)C)C(=O)N12. The molecule has 0 aliphatic carbocycles. The predicted octanol–water partition coefficient (Wildman–Crippen LogP) is 1.87. The summed E-state index contributed by atoms with van der Waals surface area (Å²) in [6.45, 7) is 11.7. The smallest absolute Gasteiger partial charge is 0.344 e. The van der Waals surface area contributed by atoms with Gasteiger partial charge in [0.2, 0.25) is 0 Å². The fourth-order valence-corrected chi connectivity index (χ4v) is 2.62. The Labute approximate surface area is 119 Å². The molecule has 0 unspecified atom stereocenters. The Bertz CT molecular complexity index is 475. The van der Waals surface area contributed by atoms with Crippen molar-refractivity contribution < 1.29 is 19.1 Å². The normalized spacial score (nSPS) is 29.8. The number of carbonyl (C=O) groups is 2. The molecule has 0 spiro atoms. The molecule has 2 aliphatic rings. The number of hydrogen-bond acceptors (Lipinski definition) is 4. The van der Waals surface area contributed by atoms with Crippen molar-refractivity contribution in [2.24, 2.45) is 5.92 Å². The lowest BCUT2D eigenvalue weighted by molar-refractivity contribution is -0.152. The van der Waals surface area contributed by atoms with E-state index in [1.54, 1.807) is 31.7 Å². The van der Waals surface area contributed by atoms with Crippen LogP contribution >= 0.6 is 0 Å². The molecule has 1 saturated heterocycles. The minimum absolute atomic E-state index is 0.0105. The Kier molecular flexibility index (Phi) is 3.45. The molecule has 1 amide bonds. The van der Waals surface area contributed by atoms with Crippen LogP contribution in [-0.2, 0) is 19.1 Å². The van der Waals surface area contributed by atoms with Crippen molar-refractivity contribution >= 4 is 11.9 Å². The molecular formula is C15H23NO4. The largest absolute Gasteiger partial charge is 0.456 e. The molecule has 0 aromatic carbocycles. The first-order valence-electron chi connectivity index (χ1n) is 6.99. The topological polar surface area (TPSA) is 55.8 Å². The van der Waals surface area contributed by atoms with Gasteiger partial charge in [0.1, 0.15) is 11.2 Å². The molecule has 2 rings (SSSR count). The molecule has 5 heteroatoms. The minimum atomic E-state index is -0.821. The van der Waals surface area contributed by atoms with Gasteiger partial charge in [0.05, 0.1) is 12.6 Å². The summed E-state index contributed by atoms with van der Waals surface area (Å²) in [5, 5.41) is 0. The van der Waals surface area contributed by atoms with Crippen LogP contribution in [0.25, 0.3) is 0 Å². The summed E-state index contributed by atoms with van der Waals surface area (Å²) >= 11 is 0. The highest BCUT2D eigenvalue weighted by Gasteiger charge is 2.53. The van der Waals surface area contributed by atoms with E-state index in [1.165, 1.54) is 0 Å². The minimum Gasteiger partial charge on any atom is -0.456 e. The van der Waals surface area contributed by atoms with Crippen molar-refractivity contribution in [1.29, 1.82) is 0 Å². The molecule has 0 bridgehead atoms. The molecule has 2 heterocycles. The first-order chi connectivity index (χ1) is 9.05. The van der Waals surface area contributed by atoms with Crippen LogP contribution in [0.15, 0.2) is 11.6 Å². The van der Waals surface area contributed by atoms with E-state index in [0.717, 1.165) is 0 Å². The summed E-state index contributed by atoms with van der Waals surface area (Å²) in [4.78, 5) is 26.3. The molecule has 1 fully saturated rings. The Morgan fingerprint density at radius 3 is 2.60 bits per heavy atom. The van der Waals surface area contributed by atoms with Gasteiger partial charge >= 0.3 is 5.97 Å². The third kappa shape index (κ3) is 2.46. The first-order valence-corrected chi connectivity index (χ1v) is 6.99. The maximum atomic E-state index is 12.5. The van der Waals surface area contributed by atoms with Crippen LogP contribution < -0.4 is 0 Å². The van der Waals surface area contributed by atoms with Crippen LogP contribution in [0.5, 0.6) is 0 Å². The quantitative estimate of drug-likeness (QED) is 0.573. The Morgan fingerprint density at radius 2 is 2.10 bits per heavy atom. The molecule has 0 N–H and O–H groups in total. The number of esters is 1. The average molecular weight is 281 g/mol. The van der Waals surface area contributed by atoms with Crippen molar-refractivity contribution in [3.8, 4) is 0 Å². The van der Waals surface area contributed by atoms with Gasteiger partial charge in [0.15, 0.2) is 5.72 Å². The van der Waals surface area contributed by atoms with Crippen LogP contribution in [0, 0.1) is 5.92 Å². The molecule has 5 nitrogen and oxygen atoms in total. The summed E-state index contributed by atoms with van der Waals surface area (Å²) in [5.74, 6) is -0.602. The fourth-order valence-electron chi connectivity index (χ4n) is 2.62. The lowest BCUT2D eigenvalue weighted by Crippen LogP contribution is -2.46. The molecule has 20 heavy (non-hydrogen) atoms. The van der Waals surface area contributed by atoms with E-state index >= 15 is 0 Å². The van der Waals surface area contributed by atoms with Crippen LogP contribution in [-0.4, -0.2) is 40.8 Å². The molecular weight excluding hydrogens is 258 g/mol. The summed E-state index contributed by atoms with van der Waals surface area (Å²) in [6.07, 6.45) is 1.59. The average Bonchev–Trinajstić information content (AvgIpc) is 2.71. The highest BCUT2D eigenvalue weighted by Crippen LogP contribution is 2.39. The van der Waals surface area contributed by atoms with E-state index in [2.05, 4.69) is 0 Å². The molecule has 2 atom stereocenters. The second-order valence-corrected chi connectivity index (χ2v) is 6.91. The molecule has 112 valence electrons. The lowest BCUT2D eigenvalue weighted by atomic mass is 10.0. The van der Waals surface area contributed by atoms with E-state index in [-0.39, 0.29) is 23.4 Å². The van der Waals surface area contributed by atoms with Crippen molar-refractivity contribution in [3.63, 3.8) is 0 Å². The van der Waals surface area contributed by atoms with Gasteiger partial charge in [-0.05, 0) is 39.7 Å². The molecule has 0 aromatic heterocycles. The highest BCUT2D eigenvalue weighted by atomic mass is 16.6. The lowest BCUT2D eigenvalue weighted by Gasteiger charge is -2.31. The number of hydrogen-bond donors (Lipinski definition) is 0. The second-order valence-electron chi connectivity index (χ2n) is 6.91. The molecule has 0 saturated carbocycles. The van der Waals surface area contributed by atoms with Crippen molar-refractivity contribution in [2.75, 3.05) is 6.61 Å². The van der Waals surface area contributed by atoms with Crippen LogP contribution in [0.3, 0.4) is 0 Å². The van der Waals surface area contributed by atoms with Gasteiger partial charge in [0.25, 0.3) is 5.91 Å². The Hall–Kier alpha value is -1.36. The van der Waals surface area contributed by atoms with E-state index in [1.807, 2.05) is 20.8 Å². The van der Waals surface area contributed by atoms with Crippen LogP contribution in [0.2, 0.25) is 0 Å². The summed E-state index contributed by atoms with van der Waals surface area (Å²) in [6, 6.07) is -0.0105. The van der Waals surface area contributed by atoms with Gasteiger partial charge in [-0.3, -0.25) is 4.79 Å². The first kappa shape index (κ1) is 15.0. The summed E-state index contributed by atoms with van der Waals surface area (Å²) in [7, 11) is 0. The number of carbonyl (C=O) groups excluding carboxylic acids is 2. The molecule has 0 radical (unpaired) electrons. The van der Waals surface area contributed by atoms with Crippen LogP contribution in [0.4, 0.5) is 0 Å². The number of fused-ring (bicyclic) bond motifs is 1. The number of ether oxygens (including phenoxy) is 2. The van der Waals surface area contributed by atoms with Gasteiger partial charge in [-0.1, -0.05) is 13.8 Å². The van der Waals surface area contributed by atoms with E-state index < -0.39 is 17.3 Å². The van der Waals surface area contributed by atoms with Gasteiger partial charge < -0.3 is 14.4 Å². The number of nitrogens with zero attached hydrogens (tertiary/aromatic N) is 1. The second kappa shape index (κ2) is 4.58. The number of rotatable bonds is 2. The Morgan fingerprint density at radius 1 is 1.50 bits per heavy atom. The summed E-state index contributed by atoms with van der Waals surface area (Å²) < 4.78 is 11.0. The molecule has 2 aliphatic heterocycles. The van der Waals surface area contributed by atoms with E-state index in [9.17, 15) is 9.59 Å². The van der Waals surface area contributed by atoms with Gasteiger partial charge in [-0.15, -0.1) is 0 Å². The van der Waals surface area contributed by atoms with Crippen molar-refractivity contribution in [2.45, 2.75) is 58.9 Å². The molecule has 0 aromatic rings. The van der Waals surface area contributed by atoms with Crippen molar-refractivity contribution in [1.82, 2.24) is 4.90 Å². The number of amides is 1. The highest BCUT2D eigenvalue weighted by molar-refractivity contribution is 6.18. The van der Waals surface area contributed by atoms with Crippen LogP contribution in [0.1, 0.15) is 41.5 Å². The zero-order chi connectivity index (χ0) is 15.3. The monoisotopic (exact) mass is 281 g/mol. The third-order valence-electron chi connectivity index (χ3n) is 3.61. The summed E-state index contributed by atoms with van der Waals surface area (Å²) in [5.41, 5.74) is -1.37. The van der Waals surface area contributed by atoms with Gasteiger partial charge in [-0.25, -0.2) is 4.79 Å². The maximum Gasteiger partial charge on any atom is 0.344 e. The van der Waals surface area contributed by atoms with Gasteiger partial charge in [0, 0.05) is 0 Å². The van der Waals surface area contributed by atoms with Gasteiger partial charge in [-0.2, -0.15) is 0 Å². The zero-order valence-electron chi connectivity index (χ0n) is 13.0. The van der Waals surface area contributed by atoms with E-state index in [0.29, 0.717) is 6.61 Å². The maximum absolute atomic E-state index is 12.5. The Balaban J connectivity index is 2.25.